The number of aromatic nitrogens is 1. The molecule has 17 heavy (non-hydrogen) atoms. The summed E-state index contributed by atoms with van der Waals surface area (Å²) >= 11 is 0. The van der Waals surface area contributed by atoms with Crippen LogP contribution in [0.5, 0.6) is 0 Å². The molecule has 3 rings (SSSR count). The molecule has 2 nitrogen and oxygen atoms in total. The van der Waals surface area contributed by atoms with Gasteiger partial charge >= 0.3 is 0 Å². The zero-order valence-electron chi connectivity index (χ0n) is 9.21. The van der Waals surface area contributed by atoms with Crippen LogP contribution in [0.4, 0.5) is 0 Å². The number of hydrogen-bond acceptors (Lipinski definition) is 2. The summed E-state index contributed by atoms with van der Waals surface area (Å²) in [6, 6.07) is 15.8. The first-order valence-electron chi connectivity index (χ1n) is 5.49. The molecule has 2 heterocycles. The highest BCUT2D eigenvalue weighted by Gasteiger charge is 1.98. The van der Waals surface area contributed by atoms with Gasteiger partial charge in [0.05, 0.1) is 5.69 Å². The standard InChI is InChI=1S/C15H11NO/c1-2-7-15-12(5-1)11-14(17-15)9-8-13-6-3-4-10-16-13/h1-11H. The molecule has 0 saturated carbocycles. The molecule has 0 atom stereocenters. The summed E-state index contributed by atoms with van der Waals surface area (Å²) in [4.78, 5) is 4.22. The third-order valence-electron chi connectivity index (χ3n) is 2.55. The predicted molar refractivity (Wildman–Crippen MR) is 69.4 cm³/mol. The van der Waals surface area contributed by atoms with Crippen LogP contribution < -0.4 is 0 Å². The second-order valence-electron chi connectivity index (χ2n) is 3.77. The van der Waals surface area contributed by atoms with Crippen molar-refractivity contribution < 1.29 is 4.42 Å². The van der Waals surface area contributed by atoms with Crippen LogP contribution in [-0.4, -0.2) is 4.98 Å². The second kappa shape index (κ2) is 4.26. The van der Waals surface area contributed by atoms with E-state index in [-0.39, 0.29) is 0 Å². The number of rotatable bonds is 2. The van der Waals surface area contributed by atoms with Gasteiger partial charge < -0.3 is 4.42 Å². The fourth-order valence-corrected chi connectivity index (χ4v) is 1.73. The van der Waals surface area contributed by atoms with Crippen molar-refractivity contribution in [2.24, 2.45) is 0 Å². The summed E-state index contributed by atoms with van der Waals surface area (Å²) in [5, 5.41) is 1.12. The highest BCUT2D eigenvalue weighted by molar-refractivity contribution is 5.81. The third-order valence-corrected chi connectivity index (χ3v) is 2.55. The van der Waals surface area contributed by atoms with Crippen LogP contribution in [0.1, 0.15) is 11.5 Å². The van der Waals surface area contributed by atoms with Gasteiger partial charge in [-0.05, 0) is 36.4 Å². The van der Waals surface area contributed by atoms with Crippen LogP contribution in [0.3, 0.4) is 0 Å². The third kappa shape index (κ3) is 2.11. The van der Waals surface area contributed by atoms with Crippen molar-refractivity contribution in [3.63, 3.8) is 0 Å². The molecule has 0 aliphatic rings. The summed E-state index contributed by atoms with van der Waals surface area (Å²) in [6.07, 6.45) is 5.65. The van der Waals surface area contributed by atoms with E-state index in [1.165, 1.54) is 0 Å². The summed E-state index contributed by atoms with van der Waals surface area (Å²) < 4.78 is 5.68. The predicted octanol–water partition coefficient (Wildman–Crippen LogP) is 4.00. The topological polar surface area (TPSA) is 26.0 Å². The highest BCUT2D eigenvalue weighted by Crippen LogP contribution is 2.20. The summed E-state index contributed by atoms with van der Waals surface area (Å²) in [7, 11) is 0. The quantitative estimate of drug-likeness (QED) is 0.653. The lowest BCUT2D eigenvalue weighted by Crippen LogP contribution is -1.75. The van der Waals surface area contributed by atoms with E-state index in [1.54, 1.807) is 6.20 Å². The molecule has 0 spiro atoms. The lowest BCUT2D eigenvalue weighted by molar-refractivity contribution is 0.604. The van der Waals surface area contributed by atoms with Gasteiger partial charge in [-0.25, -0.2) is 0 Å². The minimum atomic E-state index is 0.844. The van der Waals surface area contributed by atoms with Crippen molar-refractivity contribution in [1.29, 1.82) is 0 Å². The maximum Gasteiger partial charge on any atom is 0.134 e. The molecule has 0 amide bonds. The van der Waals surface area contributed by atoms with Crippen molar-refractivity contribution in [2.45, 2.75) is 0 Å². The van der Waals surface area contributed by atoms with Crippen LogP contribution in [-0.2, 0) is 0 Å². The van der Waals surface area contributed by atoms with Crippen LogP contribution in [0.25, 0.3) is 23.1 Å². The van der Waals surface area contributed by atoms with Gasteiger partial charge in [0.25, 0.3) is 0 Å². The Kier molecular flexibility index (Phi) is 2.47. The van der Waals surface area contributed by atoms with Gasteiger partial charge in [0.15, 0.2) is 0 Å². The molecule has 0 saturated heterocycles. The summed E-state index contributed by atoms with van der Waals surface area (Å²) in [5.41, 5.74) is 1.83. The van der Waals surface area contributed by atoms with Gasteiger partial charge in [-0.15, -0.1) is 0 Å². The maximum atomic E-state index is 5.68. The van der Waals surface area contributed by atoms with Crippen LogP contribution in [0.15, 0.2) is 59.1 Å². The van der Waals surface area contributed by atoms with Crippen molar-refractivity contribution in [1.82, 2.24) is 4.98 Å². The normalized spacial score (nSPS) is 11.3. The summed E-state index contributed by atoms with van der Waals surface area (Å²) in [6.45, 7) is 0. The Morgan fingerprint density at radius 1 is 0.941 bits per heavy atom. The lowest BCUT2D eigenvalue weighted by Gasteiger charge is -1.88. The molecular formula is C15H11NO. The largest absolute Gasteiger partial charge is 0.457 e. The van der Waals surface area contributed by atoms with E-state index >= 15 is 0 Å². The molecule has 0 radical (unpaired) electrons. The van der Waals surface area contributed by atoms with Crippen LogP contribution in [0.2, 0.25) is 0 Å². The van der Waals surface area contributed by atoms with Gasteiger partial charge in [0.1, 0.15) is 11.3 Å². The number of nitrogens with zero attached hydrogens (tertiary/aromatic N) is 1. The SMILES string of the molecule is C(=Cc1cc2ccccc2o1)c1ccccn1. The van der Waals surface area contributed by atoms with Gasteiger partial charge in [-0.3, -0.25) is 4.98 Å². The molecule has 82 valence electrons. The molecule has 0 unspecified atom stereocenters. The molecule has 0 aliphatic carbocycles. The van der Waals surface area contributed by atoms with E-state index in [4.69, 9.17) is 4.42 Å². The first kappa shape index (κ1) is 9.85. The van der Waals surface area contributed by atoms with Crippen LogP contribution >= 0.6 is 0 Å². The van der Waals surface area contributed by atoms with Gasteiger partial charge in [-0.2, -0.15) is 0 Å². The highest BCUT2D eigenvalue weighted by atomic mass is 16.3. The number of hydrogen-bond donors (Lipinski definition) is 0. The van der Waals surface area contributed by atoms with E-state index in [1.807, 2.05) is 60.7 Å². The molecular weight excluding hydrogens is 210 g/mol. The van der Waals surface area contributed by atoms with Gasteiger partial charge in [0.2, 0.25) is 0 Å². The van der Waals surface area contributed by atoms with E-state index in [0.717, 1.165) is 22.4 Å². The Bertz CT molecular complexity index is 620. The fourth-order valence-electron chi connectivity index (χ4n) is 1.73. The average Bonchev–Trinajstić information content (AvgIpc) is 2.80. The first-order valence-corrected chi connectivity index (χ1v) is 5.49. The lowest BCUT2D eigenvalue weighted by atomic mass is 10.2. The van der Waals surface area contributed by atoms with Crippen molar-refractivity contribution in [3.05, 3.63) is 66.2 Å². The fraction of sp³-hybridized carbons (Fsp3) is 0. The molecule has 2 heteroatoms. The molecule has 2 aromatic heterocycles. The molecule has 0 fully saturated rings. The van der Waals surface area contributed by atoms with E-state index in [0.29, 0.717) is 0 Å². The number of para-hydroxylation sites is 1. The Hall–Kier alpha value is -2.35. The number of benzene rings is 1. The van der Waals surface area contributed by atoms with Crippen molar-refractivity contribution in [2.75, 3.05) is 0 Å². The number of fused-ring (bicyclic) bond motifs is 1. The monoisotopic (exact) mass is 221 g/mol. The Morgan fingerprint density at radius 3 is 2.65 bits per heavy atom. The average molecular weight is 221 g/mol. The van der Waals surface area contributed by atoms with Crippen molar-refractivity contribution in [3.8, 4) is 0 Å². The molecule has 0 aliphatic heterocycles. The number of furan rings is 1. The van der Waals surface area contributed by atoms with Gasteiger partial charge in [0, 0.05) is 11.6 Å². The molecule has 3 aromatic rings. The minimum Gasteiger partial charge on any atom is -0.457 e. The Labute approximate surface area is 99.2 Å². The molecule has 0 bridgehead atoms. The van der Waals surface area contributed by atoms with Crippen LogP contribution in [0, 0.1) is 0 Å². The number of pyridine rings is 1. The van der Waals surface area contributed by atoms with Gasteiger partial charge in [-0.1, -0.05) is 24.3 Å². The summed E-state index contributed by atoms with van der Waals surface area (Å²) in [5.74, 6) is 0.844. The Balaban J connectivity index is 1.92. The molecule has 0 N–H and O–H groups in total. The van der Waals surface area contributed by atoms with E-state index in [9.17, 15) is 0 Å². The first-order chi connectivity index (χ1) is 8.42. The maximum absolute atomic E-state index is 5.68. The minimum absolute atomic E-state index is 0.844. The zero-order valence-corrected chi connectivity index (χ0v) is 9.21. The zero-order chi connectivity index (χ0) is 11.5. The van der Waals surface area contributed by atoms with E-state index in [2.05, 4.69) is 4.98 Å². The van der Waals surface area contributed by atoms with E-state index < -0.39 is 0 Å². The Morgan fingerprint density at radius 2 is 1.82 bits per heavy atom. The smallest absolute Gasteiger partial charge is 0.134 e. The molecule has 1 aromatic carbocycles. The second-order valence-corrected chi connectivity index (χ2v) is 3.77. The van der Waals surface area contributed by atoms with Crippen molar-refractivity contribution >= 4 is 23.1 Å².